The first-order valence-electron chi connectivity index (χ1n) is 6.39. The van der Waals surface area contributed by atoms with Gasteiger partial charge in [-0.3, -0.25) is 9.59 Å². The summed E-state index contributed by atoms with van der Waals surface area (Å²) < 4.78 is 0. The molecule has 4 N–H and O–H groups in total. The molecule has 1 saturated carbocycles. The van der Waals surface area contributed by atoms with Gasteiger partial charge in [0.05, 0.1) is 5.54 Å². The Morgan fingerprint density at radius 2 is 2.00 bits per heavy atom. The number of hydrogen-bond donors (Lipinski definition) is 3. The van der Waals surface area contributed by atoms with Crippen LogP contribution >= 0.6 is 0 Å². The molecule has 2 amide bonds. The smallest absolute Gasteiger partial charge is 0.251 e. The lowest BCUT2D eigenvalue weighted by Gasteiger charge is -2.36. The average molecular weight is 261 g/mol. The van der Waals surface area contributed by atoms with Crippen LogP contribution in [0.15, 0.2) is 18.2 Å². The third-order valence-corrected chi connectivity index (χ3v) is 3.67. The highest BCUT2D eigenvalue weighted by Crippen LogP contribution is 2.30. The first-order chi connectivity index (χ1) is 8.96. The molecule has 1 aliphatic carbocycles. The lowest BCUT2D eigenvalue weighted by atomic mass is 9.77. The number of anilines is 1. The van der Waals surface area contributed by atoms with E-state index in [-0.39, 0.29) is 11.8 Å². The van der Waals surface area contributed by atoms with E-state index in [2.05, 4.69) is 10.6 Å². The van der Waals surface area contributed by atoms with Crippen molar-refractivity contribution in [3.63, 3.8) is 0 Å². The molecular formula is C14H19N3O2. The summed E-state index contributed by atoms with van der Waals surface area (Å²) in [5.41, 5.74) is 7.30. The summed E-state index contributed by atoms with van der Waals surface area (Å²) in [5, 5.41) is 5.39. The summed E-state index contributed by atoms with van der Waals surface area (Å²) in [4.78, 5) is 23.7. The van der Waals surface area contributed by atoms with Gasteiger partial charge in [-0.2, -0.15) is 0 Å². The Hall–Kier alpha value is -1.88. The summed E-state index contributed by atoms with van der Waals surface area (Å²) >= 11 is 0. The monoisotopic (exact) mass is 261 g/mol. The van der Waals surface area contributed by atoms with E-state index < -0.39 is 5.54 Å². The number of rotatable bonds is 3. The van der Waals surface area contributed by atoms with E-state index in [0.717, 1.165) is 12.0 Å². The largest absolute Gasteiger partial charge is 0.355 e. The second kappa shape index (κ2) is 5.01. The van der Waals surface area contributed by atoms with Crippen molar-refractivity contribution in [1.29, 1.82) is 0 Å². The molecule has 0 bridgehead atoms. The van der Waals surface area contributed by atoms with Gasteiger partial charge in [0.1, 0.15) is 0 Å². The van der Waals surface area contributed by atoms with Gasteiger partial charge in [0.15, 0.2) is 0 Å². The zero-order valence-corrected chi connectivity index (χ0v) is 11.2. The molecule has 5 heteroatoms. The maximum absolute atomic E-state index is 12.1. The molecule has 0 saturated heterocycles. The molecule has 0 radical (unpaired) electrons. The highest BCUT2D eigenvalue weighted by molar-refractivity contribution is 6.01. The number of nitrogens with two attached hydrogens (primary N) is 1. The van der Waals surface area contributed by atoms with Gasteiger partial charge >= 0.3 is 0 Å². The fourth-order valence-electron chi connectivity index (χ4n) is 2.07. The van der Waals surface area contributed by atoms with Gasteiger partial charge < -0.3 is 16.4 Å². The van der Waals surface area contributed by atoms with Crippen molar-refractivity contribution in [2.75, 3.05) is 12.4 Å². The molecule has 1 aliphatic rings. The van der Waals surface area contributed by atoms with Crippen molar-refractivity contribution < 1.29 is 9.59 Å². The van der Waals surface area contributed by atoms with E-state index in [9.17, 15) is 9.59 Å². The quantitative estimate of drug-likeness (QED) is 0.763. The average Bonchev–Trinajstić information content (AvgIpc) is 2.37. The number of amides is 2. The van der Waals surface area contributed by atoms with Crippen LogP contribution in [0.3, 0.4) is 0 Å². The molecule has 0 atom stereocenters. The first kappa shape index (κ1) is 13.5. The van der Waals surface area contributed by atoms with Crippen LogP contribution in [-0.2, 0) is 4.79 Å². The van der Waals surface area contributed by atoms with Crippen molar-refractivity contribution in [2.45, 2.75) is 31.7 Å². The molecule has 1 fully saturated rings. The van der Waals surface area contributed by atoms with Crippen molar-refractivity contribution in [2.24, 2.45) is 5.73 Å². The van der Waals surface area contributed by atoms with Crippen LogP contribution in [-0.4, -0.2) is 24.4 Å². The minimum atomic E-state index is -0.741. The van der Waals surface area contributed by atoms with Gasteiger partial charge in [0, 0.05) is 18.3 Å². The second-order valence-corrected chi connectivity index (χ2v) is 5.07. The van der Waals surface area contributed by atoms with E-state index >= 15 is 0 Å². The highest BCUT2D eigenvalue weighted by atomic mass is 16.2. The van der Waals surface area contributed by atoms with Gasteiger partial charge in [-0.1, -0.05) is 6.07 Å². The van der Waals surface area contributed by atoms with E-state index in [1.165, 1.54) is 0 Å². The van der Waals surface area contributed by atoms with Gasteiger partial charge in [-0.05, 0) is 43.9 Å². The second-order valence-electron chi connectivity index (χ2n) is 5.07. The maximum atomic E-state index is 12.1. The van der Waals surface area contributed by atoms with Crippen molar-refractivity contribution >= 4 is 17.5 Å². The van der Waals surface area contributed by atoms with E-state index in [1.807, 2.05) is 13.0 Å². The van der Waals surface area contributed by atoms with Gasteiger partial charge in [-0.15, -0.1) is 0 Å². The molecule has 0 spiro atoms. The maximum Gasteiger partial charge on any atom is 0.251 e. The normalized spacial score (nSPS) is 16.4. The number of aryl methyl sites for hydroxylation is 1. The van der Waals surface area contributed by atoms with Crippen molar-refractivity contribution in [1.82, 2.24) is 5.32 Å². The molecule has 5 nitrogen and oxygen atoms in total. The molecule has 2 rings (SSSR count). The predicted molar refractivity (Wildman–Crippen MR) is 74.0 cm³/mol. The predicted octanol–water partition coefficient (Wildman–Crippen LogP) is 1.17. The Kier molecular flexibility index (Phi) is 3.57. The molecule has 0 aromatic heterocycles. The first-order valence-corrected chi connectivity index (χ1v) is 6.39. The standard InChI is InChI=1S/C14H19N3O2/c1-9-4-5-10(12(18)16-2)8-11(9)17-13(19)14(15)6-3-7-14/h4-5,8H,3,6-7,15H2,1-2H3,(H,16,18)(H,17,19). The summed E-state index contributed by atoms with van der Waals surface area (Å²) in [5.74, 6) is -0.350. The van der Waals surface area contributed by atoms with Crippen LogP contribution in [0, 0.1) is 6.92 Å². The summed E-state index contributed by atoms with van der Waals surface area (Å²) in [6.45, 7) is 1.88. The number of benzene rings is 1. The third kappa shape index (κ3) is 2.61. The summed E-state index contributed by atoms with van der Waals surface area (Å²) in [6.07, 6.45) is 2.42. The Morgan fingerprint density at radius 1 is 1.32 bits per heavy atom. The van der Waals surface area contributed by atoms with Gasteiger partial charge in [-0.25, -0.2) is 0 Å². The van der Waals surface area contributed by atoms with E-state index in [4.69, 9.17) is 5.73 Å². The van der Waals surface area contributed by atoms with Gasteiger partial charge in [0.25, 0.3) is 5.91 Å². The fraction of sp³-hybridized carbons (Fsp3) is 0.429. The molecule has 0 aliphatic heterocycles. The van der Waals surface area contributed by atoms with E-state index in [0.29, 0.717) is 24.1 Å². The molecule has 0 heterocycles. The minimum Gasteiger partial charge on any atom is -0.355 e. The molecule has 1 aromatic carbocycles. The zero-order chi connectivity index (χ0) is 14.0. The lowest BCUT2D eigenvalue weighted by Crippen LogP contribution is -2.56. The molecule has 19 heavy (non-hydrogen) atoms. The fourth-order valence-corrected chi connectivity index (χ4v) is 2.07. The summed E-state index contributed by atoms with van der Waals surface area (Å²) in [6, 6.07) is 5.21. The highest BCUT2D eigenvalue weighted by Gasteiger charge is 2.40. The third-order valence-electron chi connectivity index (χ3n) is 3.67. The zero-order valence-electron chi connectivity index (χ0n) is 11.2. The molecular weight excluding hydrogens is 242 g/mol. The minimum absolute atomic E-state index is 0.170. The van der Waals surface area contributed by atoms with Crippen molar-refractivity contribution in [3.05, 3.63) is 29.3 Å². The van der Waals surface area contributed by atoms with Crippen LogP contribution in [0.1, 0.15) is 35.2 Å². The number of nitrogens with one attached hydrogen (secondary N) is 2. The van der Waals surface area contributed by atoms with Crippen molar-refractivity contribution in [3.8, 4) is 0 Å². The topological polar surface area (TPSA) is 84.2 Å². The number of carbonyl (C=O) groups excluding carboxylic acids is 2. The van der Waals surface area contributed by atoms with Crippen LogP contribution in [0.5, 0.6) is 0 Å². The van der Waals surface area contributed by atoms with Crippen LogP contribution in [0.4, 0.5) is 5.69 Å². The van der Waals surface area contributed by atoms with Gasteiger partial charge in [0.2, 0.25) is 5.91 Å². The SMILES string of the molecule is CNC(=O)c1ccc(C)c(NC(=O)C2(N)CCC2)c1. The van der Waals surface area contributed by atoms with Crippen LogP contribution in [0.2, 0.25) is 0 Å². The van der Waals surface area contributed by atoms with E-state index in [1.54, 1.807) is 19.2 Å². The Bertz CT molecular complexity index is 521. The Balaban J connectivity index is 2.19. The summed E-state index contributed by atoms with van der Waals surface area (Å²) in [7, 11) is 1.57. The lowest BCUT2D eigenvalue weighted by molar-refractivity contribution is -0.123. The molecule has 0 unspecified atom stereocenters. The number of hydrogen-bond acceptors (Lipinski definition) is 3. The Labute approximate surface area is 112 Å². The molecule has 102 valence electrons. The Morgan fingerprint density at radius 3 is 2.53 bits per heavy atom. The van der Waals surface area contributed by atoms with Crippen LogP contribution < -0.4 is 16.4 Å². The molecule has 1 aromatic rings. The number of carbonyl (C=O) groups is 2. The van der Waals surface area contributed by atoms with Crippen LogP contribution in [0.25, 0.3) is 0 Å².